The maximum atomic E-state index is 13.4. The van der Waals surface area contributed by atoms with Crippen LogP contribution in [0.1, 0.15) is 69.8 Å². The smallest absolute Gasteiger partial charge is 0.183 e. The third-order valence-corrected chi connectivity index (χ3v) is 8.34. The summed E-state index contributed by atoms with van der Waals surface area (Å²) in [5.74, 6) is -0.176. The van der Waals surface area contributed by atoms with Crippen LogP contribution in [0.4, 0.5) is 0 Å². The highest BCUT2D eigenvalue weighted by molar-refractivity contribution is 5.97. The molecule has 8 unspecified atom stereocenters. The highest BCUT2D eigenvalue weighted by Gasteiger charge is 2.42. The Hall–Kier alpha value is -2.40. The van der Waals surface area contributed by atoms with Crippen molar-refractivity contribution in [2.75, 3.05) is 0 Å². The Labute approximate surface area is 203 Å². The zero-order valence-electron chi connectivity index (χ0n) is 20.6. The van der Waals surface area contributed by atoms with Crippen molar-refractivity contribution >= 4 is 11.8 Å². The first-order valence-electron chi connectivity index (χ1n) is 13.0. The van der Waals surface area contributed by atoms with Crippen LogP contribution >= 0.6 is 0 Å². The summed E-state index contributed by atoms with van der Waals surface area (Å²) in [4.78, 5) is 27.9. The van der Waals surface area contributed by atoms with Gasteiger partial charge >= 0.3 is 0 Å². The van der Waals surface area contributed by atoms with E-state index in [1.54, 1.807) is 6.92 Å². The predicted molar refractivity (Wildman–Crippen MR) is 131 cm³/mol. The Morgan fingerprint density at radius 3 is 2.76 bits per heavy atom. The van der Waals surface area contributed by atoms with Crippen LogP contribution in [0, 0.1) is 35.5 Å². The highest BCUT2D eigenvalue weighted by atomic mass is 16.5. The average molecular weight is 465 g/mol. The fourth-order valence-electron chi connectivity index (χ4n) is 6.26. The van der Waals surface area contributed by atoms with Crippen molar-refractivity contribution in [1.29, 1.82) is 0 Å². The first kappa shape index (κ1) is 24.7. The number of nitrogens with one attached hydrogen (secondary N) is 1. The van der Waals surface area contributed by atoms with E-state index in [1.165, 1.54) is 18.4 Å². The van der Waals surface area contributed by atoms with E-state index in [1.807, 2.05) is 18.3 Å². The molecule has 5 heteroatoms. The molecule has 3 aliphatic rings. The van der Waals surface area contributed by atoms with Crippen molar-refractivity contribution < 1.29 is 19.4 Å². The van der Waals surface area contributed by atoms with Crippen LogP contribution in [-0.4, -0.2) is 28.9 Å². The standard InChI is InChI=1S/C29H39NO4/c1-4-20(28-18(2)13-16-25(34-28)19(3)29(32)33)8-5-10-22-15-14-21-9-6-11-23(21)26(22)27(31)24-12-7-17-30-24/h5,7-8,10,12,14-15,17-19,21-23,25-26,28,30H,4,6,9,11,13,16H2,1-3H3,(H,32,33)/p-1/b10-5-,20-8+. The molecule has 1 saturated carbocycles. The van der Waals surface area contributed by atoms with Gasteiger partial charge in [-0.25, -0.2) is 0 Å². The number of hydrogen-bond acceptors (Lipinski definition) is 4. The molecule has 184 valence electrons. The third-order valence-electron chi connectivity index (χ3n) is 8.34. The van der Waals surface area contributed by atoms with Gasteiger partial charge in [-0.2, -0.15) is 0 Å². The van der Waals surface area contributed by atoms with Gasteiger partial charge in [-0.3, -0.25) is 4.79 Å². The van der Waals surface area contributed by atoms with Crippen LogP contribution in [0.3, 0.4) is 0 Å². The number of carbonyl (C=O) groups is 2. The number of hydrogen-bond donors (Lipinski definition) is 1. The van der Waals surface area contributed by atoms with Gasteiger partial charge in [-0.15, -0.1) is 0 Å². The van der Waals surface area contributed by atoms with Crippen LogP contribution in [-0.2, 0) is 9.53 Å². The van der Waals surface area contributed by atoms with Gasteiger partial charge in [0.1, 0.15) is 0 Å². The molecule has 5 nitrogen and oxygen atoms in total. The summed E-state index contributed by atoms with van der Waals surface area (Å²) in [5.41, 5.74) is 1.87. The zero-order valence-corrected chi connectivity index (χ0v) is 20.6. The van der Waals surface area contributed by atoms with Crippen molar-refractivity contribution in [1.82, 2.24) is 4.98 Å². The molecule has 1 aromatic heterocycles. The number of allylic oxidation sites excluding steroid dienone is 5. The number of carboxylic acids is 1. The van der Waals surface area contributed by atoms with Crippen LogP contribution in [0.2, 0.25) is 0 Å². The van der Waals surface area contributed by atoms with Crippen molar-refractivity contribution in [3.8, 4) is 0 Å². The van der Waals surface area contributed by atoms with Crippen molar-refractivity contribution in [3.63, 3.8) is 0 Å². The van der Waals surface area contributed by atoms with Crippen LogP contribution in [0.5, 0.6) is 0 Å². The fourth-order valence-corrected chi connectivity index (χ4v) is 6.26. The van der Waals surface area contributed by atoms with Gasteiger partial charge in [0, 0.05) is 29.9 Å². The molecule has 2 aliphatic carbocycles. The molecule has 8 atom stereocenters. The molecule has 1 N–H and O–H groups in total. The number of aromatic nitrogens is 1. The minimum Gasteiger partial charge on any atom is -0.550 e. The number of carbonyl (C=O) groups excluding carboxylic acids is 2. The van der Waals surface area contributed by atoms with Gasteiger partial charge in [0.2, 0.25) is 0 Å². The minimum absolute atomic E-state index is 0.0379. The third kappa shape index (κ3) is 5.14. The second-order valence-corrected chi connectivity index (χ2v) is 10.4. The van der Waals surface area contributed by atoms with Gasteiger partial charge < -0.3 is 19.6 Å². The summed E-state index contributed by atoms with van der Waals surface area (Å²) < 4.78 is 6.29. The lowest BCUT2D eigenvalue weighted by Crippen LogP contribution is -2.44. The topological polar surface area (TPSA) is 82.2 Å². The number of ketones is 1. The normalized spacial score (nSPS) is 34.8. The summed E-state index contributed by atoms with van der Waals surface area (Å²) >= 11 is 0. The average Bonchev–Trinajstić information content (AvgIpc) is 3.53. The summed E-state index contributed by atoms with van der Waals surface area (Å²) in [6.07, 6.45) is 18.3. The zero-order chi connectivity index (χ0) is 24.2. The number of aromatic amines is 1. The van der Waals surface area contributed by atoms with Crippen molar-refractivity contribution in [2.45, 2.75) is 71.5 Å². The summed E-state index contributed by atoms with van der Waals surface area (Å²) in [6.45, 7) is 5.96. The minimum atomic E-state index is -1.05. The van der Waals surface area contributed by atoms with Gasteiger partial charge in [-0.05, 0) is 67.6 Å². The van der Waals surface area contributed by atoms with E-state index < -0.39 is 11.9 Å². The SMILES string of the molecule is CC/C(=C\C=C/C1C=CC2CCCC2C1C(=O)c1ccc[nH]1)C1OC(C(C)C(=O)[O-])CCC1C. The lowest BCUT2D eigenvalue weighted by molar-refractivity contribution is -0.315. The fraction of sp³-hybridized carbons (Fsp3) is 0.586. The Bertz CT molecular complexity index is 943. The van der Waals surface area contributed by atoms with E-state index in [4.69, 9.17) is 4.74 Å². The number of ether oxygens (including phenoxy) is 1. The molecule has 0 bridgehead atoms. The van der Waals surface area contributed by atoms with E-state index in [9.17, 15) is 14.7 Å². The van der Waals surface area contributed by atoms with E-state index in [2.05, 4.69) is 49.2 Å². The summed E-state index contributed by atoms with van der Waals surface area (Å²) in [6, 6.07) is 3.77. The predicted octanol–water partition coefficient (Wildman–Crippen LogP) is 4.88. The summed E-state index contributed by atoms with van der Waals surface area (Å²) in [7, 11) is 0. The molecule has 0 amide bonds. The van der Waals surface area contributed by atoms with E-state index in [-0.39, 0.29) is 29.8 Å². The Kier molecular flexibility index (Phi) is 7.92. The molecule has 2 fully saturated rings. The van der Waals surface area contributed by atoms with Gasteiger partial charge in [-0.1, -0.05) is 57.6 Å². The molecular weight excluding hydrogens is 426 g/mol. The number of rotatable bonds is 8. The van der Waals surface area contributed by atoms with Gasteiger partial charge in [0.05, 0.1) is 17.9 Å². The molecular formula is C29H38NO4-. The molecule has 0 aromatic carbocycles. The van der Waals surface area contributed by atoms with Gasteiger partial charge in [0.15, 0.2) is 5.78 Å². The second kappa shape index (κ2) is 10.9. The Morgan fingerprint density at radius 2 is 2.06 bits per heavy atom. The molecule has 4 rings (SSSR count). The van der Waals surface area contributed by atoms with E-state index >= 15 is 0 Å². The molecule has 1 aromatic rings. The Morgan fingerprint density at radius 1 is 1.24 bits per heavy atom. The first-order valence-corrected chi connectivity index (χ1v) is 13.0. The molecule has 1 saturated heterocycles. The molecule has 1 aliphatic heterocycles. The maximum absolute atomic E-state index is 13.4. The van der Waals surface area contributed by atoms with Crippen LogP contribution in [0.15, 0.2) is 54.3 Å². The van der Waals surface area contributed by atoms with Crippen LogP contribution < -0.4 is 5.11 Å². The van der Waals surface area contributed by atoms with E-state index in [0.717, 1.165) is 25.7 Å². The first-order chi connectivity index (χ1) is 16.4. The van der Waals surface area contributed by atoms with Crippen molar-refractivity contribution in [2.24, 2.45) is 35.5 Å². The number of carboxylic acid groups (broad SMARTS) is 1. The molecule has 0 radical (unpaired) electrons. The lowest BCUT2D eigenvalue weighted by Gasteiger charge is -2.39. The van der Waals surface area contributed by atoms with Crippen molar-refractivity contribution in [3.05, 3.63) is 60.0 Å². The van der Waals surface area contributed by atoms with E-state index in [0.29, 0.717) is 23.4 Å². The number of Topliss-reactive ketones (excluding diaryl/α,β-unsaturated/α-hetero) is 1. The van der Waals surface area contributed by atoms with Crippen LogP contribution in [0.25, 0.3) is 0 Å². The molecule has 34 heavy (non-hydrogen) atoms. The molecule has 0 spiro atoms. The largest absolute Gasteiger partial charge is 0.550 e. The van der Waals surface area contributed by atoms with Gasteiger partial charge in [0.25, 0.3) is 0 Å². The number of H-pyrrole nitrogens is 1. The lowest BCUT2D eigenvalue weighted by atomic mass is 9.69. The monoisotopic (exact) mass is 464 g/mol. The number of aliphatic carboxylic acids is 1. The molecule has 2 heterocycles. The maximum Gasteiger partial charge on any atom is 0.183 e. The number of fused-ring (bicyclic) bond motifs is 1. The quantitative estimate of drug-likeness (QED) is 0.338. The Balaban J connectivity index is 1.53. The summed E-state index contributed by atoms with van der Waals surface area (Å²) in [5, 5.41) is 11.4. The highest BCUT2D eigenvalue weighted by Crippen LogP contribution is 2.46. The second-order valence-electron chi connectivity index (χ2n) is 10.4.